The van der Waals surface area contributed by atoms with Crippen LogP contribution in [0.25, 0.3) is 0 Å². The Balaban J connectivity index is 1.55. The molecule has 0 fully saturated rings. The van der Waals surface area contributed by atoms with E-state index in [0.29, 0.717) is 22.9 Å². The summed E-state index contributed by atoms with van der Waals surface area (Å²) in [5, 5.41) is 6.14. The minimum atomic E-state index is -0.258. The summed E-state index contributed by atoms with van der Waals surface area (Å²) in [5.41, 5.74) is 3.46. The van der Waals surface area contributed by atoms with E-state index >= 15 is 0 Å². The summed E-state index contributed by atoms with van der Waals surface area (Å²) in [5.74, 6) is 1.52. The fourth-order valence-electron chi connectivity index (χ4n) is 2.77. The van der Waals surface area contributed by atoms with Gasteiger partial charge in [-0.15, -0.1) is 0 Å². The highest BCUT2D eigenvalue weighted by Crippen LogP contribution is 2.32. The summed E-state index contributed by atoms with van der Waals surface area (Å²) in [4.78, 5) is 12.3. The zero-order valence-electron chi connectivity index (χ0n) is 16.7. The number of amides is 1. The van der Waals surface area contributed by atoms with Gasteiger partial charge in [0, 0.05) is 23.1 Å². The fourth-order valence-corrected chi connectivity index (χ4v) is 2.77. The van der Waals surface area contributed by atoms with Crippen LogP contribution in [0.5, 0.6) is 17.2 Å². The molecular formula is C23H24N2O4. The molecule has 1 amide bonds. The second kappa shape index (κ2) is 9.50. The third-order valence-electron chi connectivity index (χ3n) is 4.29. The number of nitrogens with one attached hydrogen (secondary N) is 2. The normalized spacial score (nSPS) is 10.2. The quantitative estimate of drug-likeness (QED) is 0.578. The Hall–Kier alpha value is -3.67. The first kappa shape index (κ1) is 20.1. The lowest BCUT2D eigenvalue weighted by Crippen LogP contribution is -2.20. The number of hydrogen-bond acceptors (Lipinski definition) is 5. The number of methoxy groups -OCH3 is 2. The minimum absolute atomic E-state index is 0.0980. The van der Waals surface area contributed by atoms with Gasteiger partial charge in [0.25, 0.3) is 5.91 Å². The second-order valence-corrected chi connectivity index (χ2v) is 6.37. The molecule has 0 unspecified atom stereocenters. The Labute approximate surface area is 170 Å². The maximum Gasteiger partial charge on any atom is 0.262 e. The lowest BCUT2D eigenvalue weighted by atomic mass is 10.1. The number of rotatable bonds is 8. The number of hydrogen-bond donors (Lipinski definition) is 2. The van der Waals surface area contributed by atoms with Gasteiger partial charge in [-0.1, -0.05) is 18.2 Å². The van der Waals surface area contributed by atoms with Crippen molar-refractivity contribution in [2.24, 2.45) is 0 Å². The molecule has 0 spiro atoms. The minimum Gasteiger partial charge on any atom is -0.493 e. The average Bonchev–Trinajstić information content (AvgIpc) is 2.75. The van der Waals surface area contributed by atoms with E-state index in [1.807, 2.05) is 67.6 Å². The van der Waals surface area contributed by atoms with Crippen molar-refractivity contribution in [3.05, 3.63) is 72.3 Å². The number of anilines is 3. The lowest BCUT2D eigenvalue weighted by Gasteiger charge is -2.14. The molecule has 3 aromatic carbocycles. The summed E-state index contributed by atoms with van der Waals surface area (Å²) in [6.07, 6.45) is 0. The van der Waals surface area contributed by atoms with Gasteiger partial charge in [0.2, 0.25) is 0 Å². The highest BCUT2D eigenvalue weighted by molar-refractivity contribution is 5.93. The van der Waals surface area contributed by atoms with Crippen LogP contribution < -0.4 is 24.8 Å². The molecule has 0 aliphatic carbocycles. The first-order valence-corrected chi connectivity index (χ1v) is 9.16. The Morgan fingerprint density at radius 1 is 0.862 bits per heavy atom. The number of para-hydroxylation sites is 1. The average molecular weight is 392 g/mol. The molecule has 2 N–H and O–H groups in total. The first-order valence-electron chi connectivity index (χ1n) is 9.16. The lowest BCUT2D eigenvalue weighted by molar-refractivity contribution is -0.118. The molecule has 0 atom stereocenters. The molecule has 0 saturated carbocycles. The maximum atomic E-state index is 12.3. The topological polar surface area (TPSA) is 68.8 Å². The van der Waals surface area contributed by atoms with Gasteiger partial charge >= 0.3 is 0 Å². The molecule has 0 aromatic heterocycles. The SMILES string of the molecule is COc1cc(C)c(NC(=O)COc2ccc(Nc3ccccc3)cc2)cc1OC. The van der Waals surface area contributed by atoms with E-state index < -0.39 is 0 Å². The number of ether oxygens (including phenoxy) is 3. The van der Waals surface area contributed by atoms with Crippen LogP contribution in [0.3, 0.4) is 0 Å². The maximum absolute atomic E-state index is 12.3. The standard InChI is InChI=1S/C23H24N2O4/c1-16-13-21(27-2)22(28-3)14-20(16)25-23(26)15-29-19-11-9-18(10-12-19)24-17-7-5-4-6-8-17/h4-14,24H,15H2,1-3H3,(H,25,26). The summed E-state index contributed by atoms with van der Waals surface area (Å²) in [7, 11) is 3.13. The van der Waals surface area contributed by atoms with Gasteiger partial charge in [0.1, 0.15) is 5.75 Å². The summed E-state index contributed by atoms with van der Waals surface area (Å²) >= 11 is 0. The highest BCUT2D eigenvalue weighted by Gasteiger charge is 2.11. The van der Waals surface area contributed by atoms with E-state index in [1.165, 1.54) is 0 Å². The van der Waals surface area contributed by atoms with Gasteiger partial charge < -0.3 is 24.8 Å². The number of aryl methyl sites for hydroxylation is 1. The third-order valence-corrected chi connectivity index (χ3v) is 4.29. The smallest absolute Gasteiger partial charge is 0.262 e. The van der Waals surface area contributed by atoms with E-state index in [9.17, 15) is 4.79 Å². The molecule has 0 heterocycles. The van der Waals surface area contributed by atoms with Crippen LogP contribution in [0.4, 0.5) is 17.1 Å². The van der Waals surface area contributed by atoms with Crippen LogP contribution in [-0.4, -0.2) is 26.7 Å². The largest absolute Gasteiger partial charge is 0.493 e. The molecule has 29 heavy (non-hydrogen) atoms. The van der Waals surface area contributed by atoms with Gasteiger partial charge in [0.05, 0.1) is 14.2 Å². The predicted octanol–water partition coefficient (Wildman–Crippen LogP) is 4.77. The Morgan fingerprint density at radius 2 is 1.48 bits per heavy atom. The van der Waals surface area contributed by atoms with Gasteiger partial charge in [-0.2, -0.15) is 0 Å². The van der Waals surface area contributed by atoms with Gasteiger partial charge in [0.15, 0.2) is 18.1 Å². The summed E-state index contributed by atoms with van der Waals surface area (Å²) in [6.45, 7) is 1.79. The molecule has 0 bridgehead atoms. The summed E-state index contributed by atoms with van der Waals surface area (Å²) < 4.78 is 16.1. The van der Waals surface area contributed by atoms with Crippen molar-refractivity contribution in [3.63, 3.8) is 0 Å². The molecule has 0 saturated heterocycles. The molecule has 3 rings (SSSR count). The molecule has 0 aliphatic rings. The number of carbonyl (C=O) groups is 1. The van der Waals surface area contributed by atoms with Crippen molar-refractivity contribution in [2.45, 2.75) is 6.92 Å². The van der Waals surface area contributed by atoms with E-state index in [0.717, 1.165) is 16.9 Å². The van der Waals surface area contributed by atoms with Crippen molar-refractivity contribution in [1.29, 1.82) is 0 Å². The van der Waals surface area contributed by atoms with Crippen LogP contribution >= 0.6 is 0 Å². The zero-order chi connectivity index (χ0) is 20.6. The monoisotopic (exact) mass is 392 g/mol. The van der Waals surface area contributed by atoms with E-state index in [4.69, 9.17) is 14.2 Å². The van der Waals surface area contributed by atoms with Crippen molar-refractivity contribution < 1.29 is 19.0 Å². The van der Waals surface area contributed by atoms with Crippen LogP contribution in [0.2, 0.25) is 0 Å². The highest BCUT2D eigenvalue weighted by atomic mass is 16.5. The van der Waals surface area contributed by atoms with Crippen molar-refractivity contribution >= 4 is 23.0 Å². The first-order chi connectivity index (χ1) is 14.1. The molecule has 0 radical (unpaired) electrons. The van der Waals surface area contributed by atoms with Crippen LogP contribution in [0.15, 0.2) is 66.7 Å². The Bertz CT molecular complexity index is 957. The van der Waals surface area contributed by atoms with Crippen molar-refractivity contribution in [3.8, 4) is 17.2 Å². The van der Waals surface area contributed by atoms with Crippen molar-refractivity contribution in [1.82, 2.24) is 0 Å². The van der Waals surface area contributed by atoms with Crippen LogP contribution in [0.1, 0.15) is 5.56 Å². The van der Waals surface area contributed by atoms with Crippen LogP contribution in [0, 0.1) is 6.92 Å². The van der Waals surface area contributed by atoms with Gasteiger partial charge in [-0.3, -0.25) is 4.79 Å². The van der Waals surface area contributed by atoms with Gasteiger partial charge in [-0.25, -0.2) is 0 Å². The molecule has 6 nitrogen and oxygen atoms in total. The predicted molar refractivity (Wildman–Crippen MR) is 115 cm³/mol. The zero-order valence-corrected chi connectivity index (χ0v) is 16.7. The third kappa shape index (κ3) is 5.42. The molecular weight excluding hydrogens is 368 g/mol. The molecule has 150 valence electrons. The van der Waals surface area contributed by atoms with E-state index in [-0.39, 0.29) is 12.5 Å². The summed E-state index contributed by atoms with van der Waals surface area (Å²) in [6, 6.07) is 20.9. The molecule has 6 heteroatoms. The van der Waals surface area contributed by atoms with Gasteiger partial charge in [-0.05, 0) is 55.0 Å². The number of benzene rings is 3. The second-order valence-electron chi connectivity index (χ2n) is 6.37. The Morgan fingerprint density at radius 3 is 2.14 bits per heavy atom. The van der Waals surface area contributed by atoms with Crippen molar-refractivity contribution in [2.75, 3.05) is 31.5 Å². The molecule has 0 aliphatic heterocycles. The fraction of sp³-hybridized carbons (Fsp3) is 0.174. The van der Waals surface area contributed by atoms with E-state index in [2.05, 4.69) is 10.6 Å². The molecule has 3 aromatic rings. The Kier molecular flexibility index (Phi) is 6.58. The van der Waals surface area contributed by atoms with Crippen LogP contribution in [-0.2, 0) is 4.79 Å². The number of carbonyl (C=O) groups excluding carboxylic acids is 1. The van der Waals surface area contributed by atoms with E-state index in [1.54, 1.807) is 20.3 Å².